The fourth-order valence-electron chi connectivity index (χ4n) is 3.36. The number of hydrogen-bond donors (Lipinski definition) is 1. The second kappa shape index (κ2) is 7.41. The number of likely N-dealkylation sites (N-methyl/N-ethyl adjacent to an activating group) is 1. The van der Waals surface area contributed by atoms with Gasteiger partial charge < -0.3 is 24.6 Å². The average Bonchev–Trinajstić information content (AvgIpc) is 3.01. The first-order valence-electron chi connectivity index (χ1n) is 9.15. The molecule has 0 saturated carbocycles. The predicted octanol–water partition coefficient (Wildman–Crippen LogP) is 2.92. The van der Waals surface area contributed by atoms with Crippen LogP contribution in [0.25, 0.3) is 0 Å². The van der Waals surface area contributed by atoms with E-state index in [9.17, 15) is 23.7 Å². The van der Waals surface area contributed by atoms with Crippen molar-refractivity contribution in [2.75, 3.05) is 43.4 Å². The van der Waals surface area contributed by atoms with Gasteiger partial charge in [-0.3, -0.25) is 14.9 Å². The van der Waals surface area contributed by atoms with E-state index in [2.05, 4.69) is 19.7 Å². The minimum atomic E-state index is -3.76. The summed E-state index contributed by atoms with van der Waals surface area (Å²) >= 11 is 0. The third kappa shape index (κ3) is 3.96. The Labute approximate surface area is 169 Å². The maximum atomic E-state index is 13.1. The predicted molar refractivity (Wildman–Crippen MR) is 103 cm³/mol. The lowest BCUT2D eigenvalue weighted by molar-refractivity contribution is -0.384. The number of carbonyl (C=O) groups is 1. The normalized spacial score (nSPS) is 17.6. The number of nitrogens with one attached hydrogen (secondary N) is 1. The fraction of sp³-hybridized carbons (Fsp3) is 0.316. The highest BCUT2D eigenvalue weighted by molar-refractivity contribution is 6.05. The molecule has 2 aliphatic rings. The Morgan fingerprint density at radius 1 is 1.10 bits per heavy atom. The van der Waals surface area contributed by atoms with Crippen molar-refractivity contribution < 1.29 is 28.0 Å². The monoisotopic (exact) mass is 420 g/mol. The molecule has 0 bridgehead atoms. The van der Waals surface area contributed by atoms with Crippen LogP contribution < -0.4 is 19.7 Å². The lowest BCUT2D eigenvalue weighted by Gasteiger charge is -2.33. The Hall–Kier alpha value is -3.47. The summed E-state index contributed by atoms with van der Waals surface area (Å²) in [6.07, 6.45) is -3.76. The molecule has 0 unspecified atom stereocenters. The zero-order valence-corrected chi connectivity index (χ0v) is 15.9. The summed E-state index contributed by atoms with van der Waals surface area (Å²) in [4.78, 5) is 27.7. The molecule has 2 heterocycles. The molecule has 2 aromatic rings. The van der Waals surface area contributed by atoms with Crippen molar-refractivity contribution in [1.29, 1.82) is 0 Å². The molecule has 0 aromatic heterocycles. The highest BCUT2D eigenvalue weighted by Gasteiger charge is 2.43. The van der Waals surface area contributed by atoms with Gasteiger partial charge in [0, 0.05) is 49.6 Å². The molecule has 1 fully saturated rings. The van der Waals surface area contributed by atoms with Crippen molar-refractivity contribution in [3.63, 3.8) is 0 Å². The van der Waals surface area contributed by atoms with Crippen LogP contribution in [-0.2, 0) is 0 Å². The number of carbonyl (C=O) groups excluding carboxylic acids is 1. The Kier molecular flexibility index (Phi) is 4.90. The first kappa shape index (κ1) is 19.8. The summed E-state index contributed by atoms with van der Waals surface area (Å²) in [6, 6.07) is 8.07. The molecular formula is C19H18F2N4O5. The molecule has 0 aliphatic carbocycles. The first-order valence-corrected chi connectivity index (χ1v) is 9.15. The molecule has 9 nitrogen and oxygen atoms in total. The number of nitrogens with zero attached hydrogens (tertiary/aromatic N) is 3. The summed E-state index contributed by atoms with van der Waals surface area (Å²) in [7, 11) is 1.98. The number of fused-ring (bicyclic) bond motifs is 1. The van der Waals surface area contributed by atoms with Crippen LogP contribution in [0, 0.1) is 10.1 Å². The quantitative estimate of drug-likeness (QED) is 0.600. The number of alkyl halides is 2. The molecule has 4 rings (SSSR count). The lowest BCUT2D eigenvalue weighted by Crippen LogP contribution is -2.44. The van der Waals surface area contributed by atoms with Crippen molar-refractivity contribution in [3.8, 4) is 11.5 Å². The number of amides is 1. The minimum absolute atomic E-state index is 0.0718. The van der Waals surface area contributed by atoms with Gasteiger partial charge in [-0.2, -0.15) is 0 Å². The zero-order chi connectivity index (χ0) is 21.5. The number of hydrogen-bond acceptors (Lipinski definition) is 7. The van der Waals surface area contributed by atoms with Crippen LogP contribution in [0.5, 0.6) is 11.5 Å². The molecule has 158 valence electrons. The van der Waals surface area contributed by atoms with E-state index in [0.29, 0.717) is 18.8 Å². The van der Waals surface area contributed by atoms with Gasteiger partial charge in [-0.15, -0.1) is 8.78 Å². The van der Waals surface area contributed by atoms with Crippen LogP contribution in [0.4, 0.5) is 25.8 Å². The van der Waals surface area contributed by atoms with E-state index in [1.165, 1.54) is 30.3 Å². The zero-order valence-electron chi connectivity index (χ0n) is 15.9. The van der Waals surface area contributed by atoms with E-state index in [1.807, 2.05) is 11.9 Å². The molecule has 30 heavy (non-hydrogen) atoms. The fourth-order valence-corrected chi connectivity index (χ4v) is 3.36. The number of benzene rings is 2. The van der Waals surface area contributed by atoms with Crippen molar-refractivity contribution in [1.82, 2.24) is 4.90 Å². The van der Waals surface area contributed by atoms with E-state index in [4.69, 9.17) is 0 Å². The van der Waals surface area contributed by atoms with Gasteiger partial charge in [-0.1, -0.05) is 0 Å². The van der Waals surface area contributed by atoms with Gasteiger partial charge in [0.2, 0.25) is 0 Å². The summed E-state index contributed by atoms with van der Waals surface area (Å²) in [5.74, 6) is -0.979. The van der Waals surface area contributed by atoms with Crippen molar-refractivity contribution >= 4 is 23.0 Å². The topological polar surface area (TPSA) is 97.2 Å². The Balaban J connectivity index is 1.53. The lowest BCUT2D eigenvalue weighted by atomic mass is 10.1. The summed E-state index contributed by atoms with van der Waals surface area (Å²) in [6.45, 7) is 2.85. The number of rotatable bonds is 4. The standard InChI is InChI=1S/C19H18F2N4O5/c1-23-6-8-24(9-7-23)14-4-2-12(10-15(14)25(27)28)18(26)22-13-3-5-16-17(11-13)30-19(20,21)29-16/h2-5,10-11H,6-9H2,1H3,(H,22,26). The molecule has 2 aromatic carbocycles. The van der Waals surface area contributed by atoms with Crippen molar-refractivity contribution in [2.45, 2.75) is 6.29 Å². The Bertz CT molecular complexity index is 1010. The third-order valence-corrected chi connectivity index (χ3v) is 4.94. The van der Waals surface area contributed by atoms with Gasteiger partial charge in [0.15, 0.2) is 11.5 Å². The molecule has 0 spiro atoms. The molecule has 1 amide bonds. The molecule has 0 atom stereocenters. The average molecular weight is 420 g/mol. The third-order valence-electron chi connectivity index (χ3n) is 4.94. The van der Waals surface area contributed by atoms with E-state index in [0.717, 1.165) is 13.1 Å². The van der Waals surface area contributed by atoms with Crippen LogP contribution in [0.2, 0.25) is 0 Å². The first-order chi connectivity index (χ1) is 14.2. The van der Waals surface area contributed by atoms with Crippen molar-refractivity contribution in [3.05, 3.63) is 52.1 Å². The molecule has 1 N–H and O–H groups in total. The largest absolute Gasteiger partial charge is 0.586 e. The van der Waals surface area contributed by atoms with Gasteiger partial charge >= 0.3 is 6.29 Å². The summed E-state index contributed by atoms with van der Waals surface area (Å²) in [5, 5.41) is 14.1. The maximum absolute atomic E-state index is 13.1. The van der Waals surface area contributed by atoms with Gasteiger partial charge in [-0.05, 0) is 31.3 Å². The smallest absolute Gasteiger partial charge is 0.395 e. The number of halogens is 2. The highest BCUT2D eigenvalue weighted by atomic mass is 19.3. The number of anilines is 2. The second-order valence-corrected chi connectivity index (χ2v) is 7.03. The molecular weight excluding hydrogens is 402 g/mol. The van der Waals surface area contributed by atoms with Crippen LogP contribution in [0.15, 0.2) is 36.4 Å². The number of nitro benzene ring substituents is 1. The minimum Gasteiger partial charge on any atom is -0.395 e. The molecule has 1 saturated heterocycles. The van der Waals surface area contributed by atoms with E-state index >= 15 is 0 Å². The second-order valence-electron chi connectivity index (χ2n) is 7.03. The highest BCUT2D eigenvalue weighted by Crippen LogP contribution is 2.42. The maximum Gasteiger partial charge on any atom is 0.586 e. The van der Waals surface area contributed by atoms with E-state index in [1.54, 1.807) is 6.07 Å². The van der Waals surface area contributed by atoms with Gasteiger partial charge in [-0.25, -0.2) is 0 Å². The number of ether oxygens (including phenoxy) is 2. The number of nitro groups is 1. The van der Waals surface area contributed by atoms with Crippen LogP contribution in [0.3, 0.4) is 0 Å². The van der Waals surface area contributed by atoms with Gasteiger partial charge in [0.25, 0.3) is 11.6 Å². The molecule has 2 aliphatic heterocycles. The number of piperazine rings is 1. The van der Waals surface area contributed by atoms with E-state index < -0.39 is 17.1 Å². The SMILES string of the molecule is CN1CCN(c2ccc(C(=O)Nc3ccc4c(c3)OC(F)(F)O4)cc2[N+](=O)[O-])CC1. The van der Waals surface area contributed by atoms with Gasteiger partial charge in [0.05, 0.1) is 4.92 Å². The van der Waals surface area contributed by atoms with E-state index in [-0.39, 0.29) is 28.4 Å². The van der Waals surface area contributed by atoms with Gasteiger partial charge in [0.1, 0.15) is 5.69 Å². The van der Waals surface area contributed by atoms with Crippen LogP contribution in [-0.4, -0.2) is 55.3 Å². The summed E-state index contributed by atoms with van der Waals surface area (Å²) in [5.41, 5.74) is 0.543. The Morgan fingerprint density at radius 3 is 2.50 bits per heavy atom. The summed E-state index contributed by atoms with van der Waals surface area (Å²) < 4.78 is 34.9. The Morgan fingerprint density at radius 2 is 1.80 bits per heavy atom. The van der Waals surface area contributed by atoms with Crippen molar-refractivity contribution in [2.24, 2.45) is 0 Å². The molecule has 0 radical (unpaired) electrons. The molecule has 11 heteroatoms. The van der Waals surface area contributed by atoms with Crippen LogP contribution >= 0.6 is 0 Å². The van der Waals surface area contributed by atoms with Crippen LogP contribution in [0.1, 0.15) is 10.4 Å².